The molecule has 0 radical (unpaired) electrons. The van der Waals surface area contributed by atoms with Gasteiger partial charge in [-0.15, -0.1) is 0 Å². The van der Waals surface area contributed by atoms with Crippen molar-refractivity contribution in [2.75, 3.05) is 20.3 Å². The Morgan fingerprint density at radius 3 is 2.87 bits per heavy atom. The molecule has 0 unspecified atom stereocenters. The van der Waals surface area contributed by atoms with Gasteiger partial charge in [0.2, 0.25) is 5.88 Å². The largest absolute Gasteiger partial charge is 0.481 e. The molecule has 0 spiro atoms. The molecule has 3 N–H and O–H groups in total. The first kappa shape index (κ1) is 11.9. The monoisotopic (exact) mass is 212 g/mol. The fourth-order valence-electron chi connectivity index (χ4n) is 1.08. The van der Waals surface area contributed by atoms with E-state index in [1.807, 2.05) is 6.07 Å². The van der Waals surface area contributed by atoms with Crippen LogP contribution in [-0.2, 0) is 6.54 Å². The smallest absolute Gasteiger partial charge is 0.212 e. The molecule has 84 valence electrons. The lowest BCUT2D eigenvalue weighted by molar-refractivity contribution is 0.0942. The number of hydrogen-bond acceptors (Lipinski definition) is 5. The Bertz CT molecular complexity index is 277. The Morgan fingerprint density at radius 1 is 1.53 bits per heavy atom. The molecule has 0 saturated carbocycles. The molecule has 1 rings (SSSR count). The van der Waals surface area contributed by atoms with Crippen LogP contribution in [0.2, 0.25) is 0 Å². The van der Waals surface area contributed by atoms with Gasteiger partial charge in [-0.25, -0.2) is 4.98 Å². The van der Waals surface area contributed by atoms with E-state index >= 15 is 0 Å². The maximum absolute atomic E-state index is 9.07. The van der Waals surface area contributed by atoms with Crippen molar-refractivity contribution in [1.29, 1.82) is 0 Å². The zero-order valence-electron chi connectivity index (χ0n) is 8.68. The maximum atomic E-state index is 9.07. The SMILES string of the molecule is COc1ccc(CNC[C@H](O)CO)cn1. The van der Waals surface area contributed by atoms with Gasteiger partial charge in [-0.1, -0.05) is 6.07 Å². The number of nitrogens with one attached hydrogen (secondary N) is 1. The van der Waals surface area contributed by atoms with Gasteiger partial charge in [-0.3, -0.25) is 0 Å². The van der Waals surface area contributed by atoms with E-state index < -0.39 is 6.10 Å². The molecule has 0 aromatic carbocycles. The number of ether oxygens (including phenoxy) is 1. The predicted octanol–water partition coefficient (Wildman–Crippen LogP) is -0.467. The van der Waals surface area contributed by atoms with Gasteiger partial charge < -0.3 is 20.3 Å². The lowest BCUT2D eigenvalue weighted by Crippen LogP contribution is -2.28. The van der Waals surface area contributed by atoms with Gasteiger partial charge in [-0.05, 0) is 5.56 Å². The predicted molar refractivity (Wildman–Crippen MR) is 55.6 cm³/mol. The topological polar surface area (TPSA) is 74.6 Å². The Morgan fingerprint density at radius 2 is 2.33 bits per heavy atom. The lowest BCUT2D eigenvalue weighted by Gasteiger charge is -2.08. The summed E-state index contributed by atoms with van der Waals surface area (Å²) in [7, 11) is 1.57. The van der Waals surface area contributed by atoms with E-state index in [4.69, 9.17) is 14.9 Å². The van der Waals surface area contributed by atoms with Crippen molar-refractivity contribution < 1.29 is 14.9 Å². The van der Waals surface area contributed by atoms with Crippen LogP contribution in [0.4, 0.5) is 0 Å². The zero-order valence-corrected chi connectivity index (χ0v) is 8.68. The zero-order chi connectivity index (χ0) is 11.1. The summed E-state index contributed by atoms with van der Waals surface area (Å²) in [5, 5.41) is 20.7. The summed E-state index contributed by atoms with van der Waals surface area (Å²) in [4.78, 5) is 4.04. The van der Waals surface area contributed by atoms with Crippen molar-refractivity contribution in [2.45, 2.75) is 12.6 Å². The molecule has 1 aromatic rings. The number of hydrogen-bond donors (Lipinski definition) is 3. The fourth-order valence-corrected chi connectivity index (χ4v) is 1.08. The standard InChI is InChI=1S/C10H16N2O3/c1-15-10-3-2-8(5-12-10)4-11-6-9(14)7-13/h2-3,5,9,11,13-14H,4,6-7H2,1H3/t9-/m0/s1. The summed E-state index contributed by atoms with van der Waals surface area (Å²) in [5.41, 5.74) is 1.00. The van der Waals surface area contributed by atoms with Gasteiger partial charge >= 0.3 is 0 Å². The second-order valence-electron chi connectivity index (χ2n) is 3.18. The molecule has 0 fully saturated rings. The number of aliphatic hydroxyl groups excluding tert-OH is 2. The minimum atomic E-state index is -0.712. The number of rotatable bonds is 6. The molecule has 0 bridgehead atoms. The highest BCUT2D eigenvalue weighted by Crippen LogP contribution is 2.05. The highest BCUT2D eigenvalue weighted by molar-refractivity contribution is 5.17. The molecule has 1 atom stereocenters. The number of methoxy groups -OCH3 is 1. The number of nitrogens with zero attached hydrogens (tertiary/aromatic N) is 1. The quantitative estimate of drug-likeness (QED) is 0.594. The van der Waals surface area contributed by atoms with Crippen molar-refractivity contribution in [3.05, 3.63) is 23.9 Å². The molecular weight excluding hydrogens is 196 g/mol. The third kappa shape index (κ3) is 4.24. The molecular formula is C10H16N2O3. The molecule has 15 heavy (non-hydrogen) atoms. The van der Waals surface area contributed by atoms with E-state index in [2.05, 4.69) is 10.3 Å². The Kier molecular flexibility index (Phi) is 5.03. The summed E-state index contributed by atoms with van der Waals surface area (Å²) >= 11 is 0. The summed E-state index contributed by atoms with van der Waals surface area (Å²) in [6.45, 7) is 0.741. The van der Waals surface area contributed by atoms with Gasteiger partial charge in [0.05, 0.1) is 19.8 Å². The van der Waals surface area contributed by atoms with Gasteiger partial charge in [0, 0.05) is 25.4 Å². The molecule has 5 nitrogen and oxygen atoms in total. The lowest BCUT2D eigenvalue weighted by atomic mass is 10.3. The van der Waals surface area contributed by atoms with Gasteiger partial charge in [0.25, 0.3) is 0 Å². The molecule has 1 aromatic heterocycles. The van der Waals surface area contributed by atoms with Crippen LogP contribution in [0, 0.1) is 0 Å². The van der Waals surface area contributed by atoms with Gasteiger partial charge in [0.15, 0.2) is 0 Å². The first-order valence-corrected chi connectivity index (χ1v) is 4.75. The second kappa shape index (κ2) is 6.34. The molecule has 0 saturated heterocycles. The van der Waals surface area contributed by atoms with Crippen LogP contribution >= 0.6 is 0 Å². The summed E-state index contributed by atoms with van der Waals surface area (Å²) in [6.07, 6.45) is 0.994. The third-order valence-corrected chi connectivity index (χ3v) is 1.93. The van der Waals surface area contributed by atoms with Crippen molar-refractivity contribution in [3.63, 3.8) is 0 Å². The molecule has 1 heterocycles. The van der Waals surface area contributed by atoms with Crippen molar-refractivity contribution in [2.24, 2.45) is 0 Å². The van der Waals surface area contributed by atoms with Crippen molar-refractivity contribution in [3.8, 4) is 5.88 Å². The highest BCUT2D eigenvalue weighted by atomic mass is 16.5. The number of pyridine rings is 1. The van der Waals surface area contributed by atoms with Gasteiger partial charge in [-0.2, -0.15) is 0 Å². The van der Waals surface area contributed by atoms with E-state index in [0.29, 0.717) is 19.0 Å². The van der Waals surface area contributed by atoms with E-state index in [1.54, 1.807) is 19.4 Å². The second-order valence-corrected chi connectivity index (χ2v) is 3.18. The summed E-state index contributed by atoms with van der Waals surface area (Å²) in [5.74, 6) is 0.578. The van der Waals surface area contributed by atoms with Crippen LogP contribution in [0.1, 0.15) is 5.56 Å². The first-order chi connectivity index (χ1) is 7.26. The fraction of sp³-hybridized carbons (Fsp3) is 0.500. The average Bonchev–Trinajstić information content (AvgIpc) is 2.29. The molecule has 0 aliphatic carbocycles. The van der Waals surface area contributed by atoms with Crippen molar-refractivity contribution >= 4 is 0 Å². The van der Waals surface area contributed by atoms with Crippen LogP contribution in [-0.4, -0.2) is 41.6 Å². The van der Waals surface area contributed by atoms with E-state index in [0.717, 1.165) is 5.56 Å². The van der Waals surface area contributed by atoms with Crippen LogP contribution in [0.5, 0.6) is 5.88 Å². The molecule has 5 heteroatoms. The molecule has 0 aliphatic heterocycles. The van der Waals surface area contributed by atoms with E-state index in [-0.39, 0.29) is 6.61 Å². The minimum absolute atomic E-state index is 0.228. The maximum Gasteiger partial charge on any atom is 0.212 e. The minimum Gasteiger partial charge on any atom is -0.481 e. The normalized spacial score (nSPS) is 12.5. The van der Waals surface area contributed by atoms with E-state index in [9.17, 15) is 0 Å². The average molecular weight is 212 g/mol. The highest BCUT2D eigenvalue weighted by Gasteiger charge is 2.00. The Labute approximate surface area is 88.7 Å². The van der Waals surface area contributed by atoms with Crippen LogP contribution in [0.25, 0.3) is 0 Å². The third-order valence-electron chi connectivity index (χ3n) is 1.93. The summed E-state index contributed by atoms with van der Waals surface area (Å²) < 4.78 is 4.92. The van der Waals surface area contributed by atoms with E-state index in [1.165, 1.54) is 0 Å². The van der Waals surface area contributed by atoms with Crippen LogP contribution < -0.4 is 10.1 Å². The number of aliphatic hydroxyl groups is 2. The number of aromatic nitrogens is 1. The first-order valence-electron chi connectivity index (χ1n) is 4.75. The molecule has 0 amide bonds. The Balaban J connectivity index is 2.31. The van der Waals surface area contributed by atoms with Crippen molar-refractivity contribution in [1.82, 2.24) is 10.3 Å². The van der Waals surface area contributed by atoms with Gasteiger partial charge in [0.1, 0.15) is 0 Å². The summed E-state index contributed by atoms with van der Waals surface area (Å²) in [6, 6.07) is 3.67. The van der Waals surface area contributed by atoms with Crippen LogP contribution in [0.3, 0.4) is 0 Å². The van der Waals surface area contributed by atoms with Crippen LogP contribution in [0.15, 0.2) is 18.3 Å². The molecule has 0 aliphatic rings. The Hall–Kier alpha value is -1.17.